The number of hydrogen-bond donors (Lipinski definition) is 1. The molecule has 1 aromatic heterocycles. The topological polar surface area (TPSA) is 67.8 Å². The van der Waals surface area contributed by atoms with Crippen molar-refractivity contribution in [3.8, 4) is 0 Å². The van der Waals surface area contributed by atoms with Crippen molar-refractivity contribution in [2.24, 2.45) is 0 Å². The summed E-state index contributed by atoms with van der Waals surface area (Å²) in [5, 5.41) is 6.74. The lowest BCUT2D eigenvalue weighted by molar-refractivity contribution is 0.112. The van der Waals surface area contributed by atoms with Crippen LogP contribution in [0.2, 0.25) is 0 Å². The fourth-order valence-electron chi connectivity index (χ4n) is 1.79. The van der Waals surface area contributed by atoms with Gasteiger partial charge in [0.05, 0.1) is 4.90 Å². The van der Waals surface area contributed by atoms with Gasteiger partial charge in [-0.3, -0.25) is 9.36 Å². The van der Waals surface area contributed by atoms with Crippen molar-refractivity contribution in [3.63, 3.8) is 0 Å². The van der Waals surface area contributed by atoms with E-state index in [1.165, 1.54) is 18.2 Å². The lowest BCUT2D eigenvalue weighted by Crippen LogP contribution is -2.16. The highest BCUT2D eigenvalue weighted by Crippen LogP contribution is 2.38. The quantitative estimate of drug-likeness (QED) is 0.869. The number of H-pyrrole nitrogens is 1. The van der Waals surface area contributed by atoms with E-state index in [0.29, 0.717) is 16.3 Å². The van der Waals surface area contributed by atoms with Gasteiger partial charge in [-0.2, -0.15) is 0 Å². The summed E-state index contributed by atoms with van der Waals surface area (Å²) < 4.78 is 15.3. The highest BCUT2D eigenvalue weighted by molar-refractivity contribution is 7.99. The number of carbonyl (C=O) groups excluding carboxylic acids is 1. The van der Waals surface area contributed by atoms with Crippen molar-refractivity contribution < 1.29 is 9.18 Å². The first-order valence-corrected chi connectivity index (χ1v) is 6.60. The minimum absolute atomic E-state index is 0.172. The van der Waals surface area contributed by atoms with Crippen LogP contribution in [0.3, 0.4) is 0 Å². The van der Waals surface area contributed by atoms with Gasteiger partial charge in [-0.1, -0.05) is 6.07 Å². The smallest absolute Gasteiger partial charge is 0.298 e. The van der Waals surface area contributed by atoms with Crippen LogP contribution in [0.4, 0.5) is 4.39 Å². The van der Waals surface area contributed by atoms with Crippen LogP contribution in [0.25, 0.3) is 0 Å². The molecule has 0 saturated heterocycles. The van der Waals surface area contributed by atoms with Crippen LogP contribution < -0.4 is 5.69 Å². The summed E-state index contributed by atoms with van der Waals surface area (Å²) in [7, 11) is 0. The van der Waals surface area contributed by atoms with E-state index >= 15 is 0 Å². The molecular weight excluding hydrogens is 269 g/mol. The zero-order valence-corrected chi connectivity index (χ0v) is 10.6. The molecular formula is C12H10FN3O2S. The summed E-state index contributed by atoms with van der Waals surface area (Å²) >= 11 is 1.08. The third-order valence-corrected chi connectivity index (χ3v) is 3.90. The van der Waals surface area contributed by atoms with Gasteiger partial charge in [0.1, 0.15) is 12.1 Å². The van der Waals surface area contributed by atoms with Crippen molar-refractivity contribution in [2.75, 3.05) is 0 Å². The first-order chi connectivity index (χ1) is 9.19. The van der Waals surface area contributed by atoms with E-state index in [-0.39, 0.29) is 17.3 Å². The Labute approximate surface area is 111 Å². The molecule has 1 N–H and O–H groups in total. The van der Waals surface area contributed by atoms with Crippen LogP contribution in [0.15, 0.2) is 33.0 Å². The van der Waals surface area contributed by atoms with Gasteiger partial charge in [0.25, 0.3) is 0 Å². The van der Waals surface area contributed by atoms with Gasteiger partial charge in [0.2, 0.25) is 0 Å². The van der Waals surface area contributed by atoms with Crippen molar-refractivity contribution >= 4 is 18.0 Å². The molecule has 1 aliphatic rings. The fraction of sp³-hybridized carbons (Fsp3) is 0.250. The zero-order chi connectivity index (χ0) is 13.4. The molecule has 0 radical (unpaired) electrons. The maximum atomic E-state index is 13.8. The Kier molecular flexibility index (Phi) is 2.98. The number of aromatic amines is 1. The van der Waals surface area contributed by atoms with Gasteiger partial charge in [0, 0.05) is 11.6 Å². The molecule has 0 amide bonds. The molecule has 2 aromatic rings. The molecule has 1 aromatic carbocycles. The lowest BCUT2D eigenvalue weighted by atomic mass is 10.2. The van der Waals surface area contributed by atoms with Crippen molar-refractivity contribution in [3.05, 3.63) is 40.1 Å². The number of hydrogen-bond acceptors (Lipinski definition) is 4. The maximum Gasteiger partial charge on any atom is 0.344 e. The van der Waals surface area contributed by atoms with Gasteiger partial charge in [-0.15, -0.1) is 5.10 Å². The first-order valence-electron chi connectivity index (χ1n) is 5.78. The molecule has 5 nitrogen and oxygen atoms in total. The molecule has 0 unspecified atom stereocenters. The highest BCUT2D eigenvalue weighted by Gasteiger charge is 2.29. The number of aromatic nitrogens is 3. The summed E-state index contributed by atoms with van der Waals surface area (Å²) in [5.41, 5.74) is 0.0124. The van der Waals surface area contributed by atoms with E-state index in [0.717, 1.165) is 24.6 Å². The monoisotopic (exact) mass is 279 g/mol. The fourth-order valence-corrected chi connectivity index (χ4v) is 2.70. The SMILES string of the molecule is O=Cc1ccc(Sc2n[nH]c(=O)n2C2CC2)c(F)c1. The van der Waals surface area contributed by atoms with E-state index in [4.69, 9.17) is 0 Å². The summed E-state index contributed by atoms with van der Waals surface area (Å²) in [6.07, 6.45) is 2.48. The number of aldehydes is 1. The van der Waals surface area contributed by atoms with Crippen LogP contribution >= 0.6 is 11.8 Å². The Morgan fingerprint density at radius 3 is 2.89 bits per heavy atom. The molecule has 1 fully saturated rings. The number of benzene rings is 1. The van der Waals surface area contributed by atoms with Crippen molar-refractivity contribution in [2.45, 2.75) is 28.9 Å². The molecule has 0 spiro atoms. The van der Waals surface area contributed by atoms with E-state index in [1.54, 1.807) is 4.57 Å². The van der Waals surface area contributed by atoms with E-state index in [1.807, 2.05) is 0 Å². The number of halogens is 1. The van der Waals surface area contributed by atoms with Crippen LogP contribution in [-0.2, 0) is 0 Å². The second-order valence-electron chi connectivity index (χ2n) is 4.32. The zero-order valence-electron chi connectivity index (χ0n) is 9.80. The molecule has 1 heterocycles. The van der Waals surface area contributed by atoms with Crippen molar-refractivity contribution in [1.29, 1.82) is 0 Å². The summed E-state index contributed by atoms with van der Waals surface area (Å²) in [6.45, 7) is 0. The molecule has 19 heavy (non-hydrogen) atoms. The largest absolute Gasteiger partial charge is 0.344 e. The second-order valence-corrected chi connectivity index (χ2v) is 5.33. The predicted octanol–water partition coefficient (Wildman–Crippen LogP) is 2.01. The van der Waals surface area contributed by atoms with Gasteiger partial charge < -0.3 is 0 Å². The van der Waals surface area contributed by atoms with E-state index in [9.17, 15) is 14.0 Å². The van der Waals surface area contributed by atoms with Gasteiger partial charge >= 0.3 is 5.69 Å². The van der Waals surface area contributed by atoms with Crippen LogP contribution in [0.1, 0.15) is 29.2 Å². The van der Waals surface area contributed by atoms with Crippen LogP contribution in [0.5, 0.6) is 0 Å². The average molecular weight is 279 g/mol. The van der Waals surface area contributed by atoms with Crippen LogP contribution in [0, 0.1) is 5.82 Å². The van der Waals surface area contributed by atoms with Crippen LogP contribution in [-0.4, -0.2) is 21.1 Å². The third kappa shape index (κ3) is 2.33. The Morgan fingerprint density at radius 1 is 1.47 bits per heavy atom. The predicted molar refractivity (Wildman–Crippen MR) is 67.0 cm³/mol. The van der Waals surface area contributed by atoms with Crippen molar-refractivity contribution in [1.82, 2.24) is 14.8 Å². The number of carbonyl (C=O) groups is 1. The Hall–Kier alpha value is -1.89. The normalized spacial score (nSPS) is 14.6. The standard InChI is InChI=1S/C12H10FN3O2S/c13-9-5-7(6-17)1-4-10(9)19-12-15-14-11(18)16(12)8-2-3-8/h1,4-6,8H,2-3H2,(H,14,18). The molecule has 0 atom stereocenters. The number of nitrogens with zero attached hydrogens (tertiary/aromatic N) is 2. The molecule has 7 heteroatoms. The minimum atomic E-state index is -0.493. The maximum absolute atomic E-state index is 13.8. The highest BCUT2D eigenvalue weighted by atomic mass is 32.2. The summed E-state index contributed by atoms with van der Waals surface area (Å²) in [5.74, 6) is -0.493. The van der Waals surface area contributed by atoms with Gasteiger partial charge in [-0.05, 0) is 36.7 Å². The van der Waals surface area contributed by atoms with Gasteiger partial charge in [-0.25, -0.2) is 14.3 Å². The lowest BCUT2D eigenvalue weighted by Gasteiger charge is -2.04. The van der Waals surface area contributed by atoms with Gasteiger partial charge in [0.15, 0.2) is 5.16 Å². The molecule has 1 aliphatic carbocycles. The average Bonchev–Trinajstić information content (AvgIpc) is 3.17. The first kappa shape index (κ1) is 12.2. The molecule has 0 aliphatic heterocycles. The summed E-state index contributed by atoms with van der Waals surface area (Å²) in [6, 6.07) is 4.39. The summed E-state index contributed by atoms with van der Waals surface area (Å²) in [4.78, 5) is 22.5. The minimum Gasteiger partial charge on any atom is -0.298 e. The number of nitrogens with one attached hydrogen (secondary N) is 1. The van der Waals surface area contributed by atoms with E-state index in [2.05, 4.69) is 10.2 Å². The Bertz CT molecular complexity index is 691. The second kappa shape index (κ2) is 4.65. The molecule has 1 saturated carbocycles. The van der Waals surface area contributed by atoms with E-state index < -0.39 is 5.82 Å². The number of rotatable bonds is 4. The molecule has 3 rings (SSSR count). The Balaban J connectivity index is 1.93. The molecule has 0 bridgehead atoms. The Morgan fingerprint density at radius 2 is 2.26 bits per heavy atom. The third-order valence-electron chi connectivity index (χ3n) is 2.88. The molecule has 98 valence electrons.